The zero-order valence-corrected chi connectivity index (χ0v) is 7.90. The van der Waals surface area contributed by atoms with E-state index in [1.807, 2.05) is 30.3 Å². The first-order valence-electron chi connectivity index (χ1n) is 4.44. The van der Waals surface area contributed by atoms with E-state index in [9.17, 15) is 0 Å². The van der Waals surface area contributed by atoms with E-state index in [4.69, 9.17) is 10.5 Å². The largest absolute Gasteiger partial charge is 0.392 e. The Morgan fingerprint density at radius 1 is 1.36 bits per heavy atom. The Labute approximate surface area is 83.6 Å². The first kappa shape index (κ1) is 10.5. The molecule has 1 rings (SSSR count). The second kappa shape index (κ2) is 5.94. The summed E-state index contributed by atoms with van der Waals surface area (Å²) < 4.78 is 0. The summed E-state index contributed by atoms with van der Waals surface area (Å²) in [5, 5.41) is 18.7. The lowest BCUT2D eigenvalue weighted by molar-refractivity contribution is 0.337. The van der Waals surface area contributed by atoms with E-state index in [-0.39, 0.29) is 6.61 Å². The lowest BCUT2D eigenvalue weighted by Crippen LogP contribution is -2.07. The van der Waals surface area contributed by atoms with Crippen molar-refractivity contribution in [1.82, 2.24) is 5.32 Å². The summed E-state index contributed by atoms with van der Waals surface area (Å²) in [7, 11) is 0. The van der Waals surface area contributed by atoms with E-state index in [1.165, 1.54) is 5.56 Å². The molecule has 0 spiro atoms. The highest BCUT2D eigenvalue weighted by Crippen LogP contribution is 1.97. The Bertz CT molecular complexity index is 306. The fourth-order valence-electron chi connectivity index (χ4n) is 1.03. The number of benzene rings is 1. The number of aliphatic hydroxyl groups is 1. The van der Waals surface area contributed by atoms with Crippen molar-refractivity contribution >= 4 is 6.21 Å². The minimum atomic E-state index is -0.106. The molecule has 3 N–H and O–H groups in total. The molecule has 14 heavy (non-hydrogen) atoms. The van der Waals surface area contributed by atoms with Gasteiger partial charge < -0.3 is 15.8 Å². The van der Waals surface area contributed by atoms with Gasteiger partial charge in [0.1, 0.15) is 0 Å². The van der Waals surface area contributed by atoms with Crippen LogP contribution in [-0.4, -0.2) is 17.9 Å². The Hall–Kier alpha value is -1.61. The van der Waals surface area contributed by atoms with Gasteiger partial charge in [-0.2, -0.15) is 0 Å². The molecule has 1 aromatic carbocycles. The van der Waals surface area contributed by atoms with Crippen LogP contribution in [0.5, 0.6) is 0 Å². The Morgan fingerprint density at radius 3 is 2.64 bits per heavy atom. The first-order chi connectivity index (χ1) is 6.86. The van der Waals surface area contributed by atoms with Crippen molar-refractivity contribution in [3.63, 3.8) is 0 Å². The normalized spacial score (nSPS) is 11.1. The molecule has 0 aromatic heterocycles. The van der Waals surface area contributed by atoms with Gasteiger partial charge in [0.05, 0.1) is 6.61 Å². The second-order valence-electron chi connectivity index (χ2n) is 2.89. The Kier molecular flexibility index (Phi) is 4.44. The highest BCUT2D eigenvalue weighted by atomic mass is 16.3. The van der Waals surface area contributed by atoms with Crippen LogP contribution in [0.1, 0.15) is 5.56 Å². The lowest BCUT2D eigenvalue weighted by atomic mass is 10.2. The molecular weight excluding hydrogens is 176 g/mol. The third-order valence-corrected chi connectivity index (χ3v) is 1.80. The molecule has 0 amide bonds. The fraction of sp³-hybridized carbons (Fsp3) is 0.182. The summed E-state index contributed by atoms with van der Waals surface area (Å²) >= 11 is 0. The molecule has 0 fully saturated rings. The van der Waals surface area contributed by atoms with Gasteiger partial charge in [0.15, 0.2) is 0 Å². The highest BCUT2D eigenvalue weighted by molar-refractivity contribution is 5.75. The monoisotopic (exact) mass is 190 g/mol. The van der Waals surface area contributed by atoms with Gasteiger partial charge in [-0.15, -0.1) is 0 Å². The van der Waals surface area contributed by atoms with E-state index in [2.05, 4.69) is 5.32 Å². The van der Waals surface area contributed by atoms with Crippen molar-refractivity contribution in [1.29, 1.82) is 5.41 Å². The summed E-state index contributed by atoms with van der Waals surface area (Å²) in [5.41, 5.74) is 1.74. The quantitative estimate of drug-likeness (QED) is 0.613. The van der Waals surface area contributed by atoms with E-state index < -0.39 is 0 Å². The number of nitrogens with one attached hydrogen (secondary N) is 2. The van der Waals surface area contributed by atoms with Crippen LogP contribution in [0, 0.1) is 5.41 Å². The van der Waals surface area contributed by atoms with Crippen LogP contribution in [0.3, 0.4) is 0 Å². The minimum absolute atomic E-state index is 0.106. The summed E-state index contributed by atoms with van der Waals surface area (Å²) in [6.45, 7) is 0.601. The molecule has 0 unspecified atom stereocenters. The summed E-state index contributed by atoms with van der Waals surface area (Å²) in [6, 6.07) is 9.96. The molecule has 0 bridgehead atoms. The van der Waals surface area contributed by atoms with Crippen molar-refractivity contribution in [3.05, 3.63) is 47.7 Å². The maximum atomic E-state index is 8.76. The maximum Gasteiger partial charge on any atom is 0.0710 e. The van der Waals surface area contributed by atoms with Crippen LogP contribution in [0.4, 0.5) is 0 Å². The third-order valence-electron chi connectivity index (χ3n) is 1.80. The standard InChI is InChI=1S/C11H14N2O/c12-6-11(9-14)8-13-7-10-4-2-1-3-5-10/h1-6,8,12-14H,7,9H2/b11-8+,12-6?. The van der Waals surface area contributed by atoms with Crippen LogP contribution < -0.4 is 5.32 Å². The average Bonchev–Trinajstić information content (AvgIpc) is 2.26. The molecule has 0 atom stereocenters. The SMILES string of the molecule is N=C/C(=C\NCc1ccccc1)CO. The Morgan fingerprint density at radius 2 is 2.07 bits per heavy atom. The third kappa shape index (κ3) is 3.41. The van der Waals surface area contributed by atoms with Crippen molar-refractivity contribution in [2.24, 2.45) is 0 Å². The molecular formula is C11H14N2O. The zero-order valence-electron chi connectivity index (χ0n) is 7.90. The molecule has 0 heterocycles. The fourth-order valence-corrected chi connectivity index (χ4v) is 1.03. The van der Waals surface area contributed by atoms with Gasteiger partial charge in [-0.05, 0) is 5.56 Å². The van der Waals surface area contributed by atoms with Gasteiger partial charge in [-0.25, -0.2) is 0 Å². The molecule has 0 saturated heterocycles. The van der Waals surface area contributed by atoms with E-state index in [1.54, 1.807) is 6.20 Å². The zero-order chi connectivity index (χ0) is 10.2. The average molecular weight is 190 g/mol. The summed E-state index contributed by atoms with van der Waals surface area (Å²) in [6.07, 6.45) is 2.79. The molecule has 0 radical (unpaired) electrons. The van der Waals surface area contributed by atoms with Gasteiger partial charge in [0.2, 0.25) is 0 Å². The van der Waals surface area contributed by atoms with Crippen molar-refractivity contribution in [2.45, 2.75) is 6.54 Å². The second-order valence-corrected chi connectivity index (χ2v) is 2.89. The van der Waals surface area contributed by atoms with Crippen LogP contribution in [0.15, 0.2) is 42.1 Å². The minimum Gasteiger partial charge on any atom is -0.392 e. The number of aliphatic hydroxyl groups excluding tert-OH is 1. The van der Waals surface area contributed by atoms with Gasteiger partial charge >= 0.3 is 0 Å². The van der Waals surface area contributed by atoms with Crippen LogP contribution in [-0.2, 0) is 6.54 Å². The lowest BCUT2D eigenvalue weighted by Gasteiger charge is -2.01. The Balaban J connectivity index is 2.42. The summed E-state index contributed by atoms with van der Waals surface area (Å²) in [4.78, 5) is 0. The van der Waals surface area contributed by atoms with E-state index >= 15 is 0 Å². The molecule has 0 saturated carbocycles. The molecule has 3 heteroatoms. The molecule has 0 aliphatic carbocycles. The molecule has 0 aliphatic heterocycles. The van der Waals surface area contributed by atoms with Gasteiger partial charge in [-0.3, -0.25) is 0 Å². The van der Waals surface area contributed by atoms with Crippen LogP contribution in [0.25, 0.3) is 0 Å². The van der Waals surface area contributed by atoms with Gasteiger partial charge in [0.25, 0.3) is 0 Å². The van der Waals surface area contributed by atoms with Gasteiger partial charge in [0, 0.05) is 24.5 Å². The number of rotatable bonds is 5. The van der Waals surface area contributed by atoms with Crippen molar-refractivity contribution in [2.75, 3.05) is 6.61 Å². The maximum absolute atomic E-state index is 8.76. The van der Waals surface area contributed by atoms with Crippen molar-refractivity contribution in [3.8, 4) is 0 Å². The highest BCUT2D eigenvalue weighted by Gasteiger charge is 1.89. The topological polar surface area (TPSA) is 56.1 Å². The van der Waals surface area contributed by atoms with Crippen molar-refractivity contribution < 1.29 is 5.11 Å². The van der Waals surface area contributed by atoms with Crippen LogP contribution >= 0.6 is 0 Å². The predicted molar refractivity (Wildman–Crippen MR) is 57.2 cm³/mol. The number of hydrogen-bond acceptors (Lipinski definition) is 3. The smallest absolute Gasteiger partial charge is 0.0710 e. The van der Waals surface area contributed by atoms with Gasteiger partial charge in [-0.1, -0.05) is 30.3 Å². The predicted octanol–water partition coefficient (Wildman–Crippen LogP) is 1.30. The van der Waals surface area contributed by atoms with E-state index in [0.29, 0.717) is 12.1 Å². The van der Waals surface area contributed by atoms with E-state index in [0.717, 1.165) is 6.21 Å². The molecule has 0 aliphatic rings. The van der Waals surface area contributed by atoms with Crippen LogP contribution in [0.2, 0.25) is 0 Å². The number of hydrogen-bond donors (Lipinski definition) is 3. The first-order valence-corrected chi connectivity index (χ1v) is 4.44. The molecule has 74 valence electrons. The molecule has 3 nitrogen and oxygen atoms in total. The molecule has 1 aromatic rings. The summed E-state index contributed by atoms with van der Waals surface area (Å²) in [5.74, 6) is 0.